The van der Waals surface area contributed by atoms with Crippen LogP contribution in [0.5, 0.6) is 0 Å². The Bertz CT molecular complexity index is 963. The Labute approximate surface area is 182 Å². The average Bonchev–Trinajstić information content (AvgIpc) is 3.13. The molecule has 0 aliphatic carbocycles. The highest BCUT2D eigenvalue weighted by Crippen LogP contribution is 2.34. The van der Waals surface area contributed by atoms with E-state index in [1.807, 2.05) is 30.3 Å². The van der Waals surface area contributed by atoms with Gasteiger partial charge in [0.05, 0.1) is 24.4 Å². The van der Waals surface area contributed by atoms with Gasteiger partial charge in [0, 0.05) is 22.3 Å². The molecule has 0 aromatic heterocycles. The SMILES string of the molecule is C=S(=O)(Cc1ccccc1)N1CC(=O)N2C(CCC2C(C)(O)NC(C)C(=O)C(=O)O)C1. The molecule has 9 nitrogen and oxygen atoms in total. The van der Waals surface area contributed by atoms with E-state index in [-0.39, 0.29) is 24.2 Å². The number of ketones is 1. The summed E-state index contributed by atoms with van der Waals surface area (Å²) in [5, 5.41) is 22.5. The average molecular weight is 452 g/mol. The van der Waals surface area contributed by atoms with Gasteiger partial charge in [0.1, 0.15) is 5.72 Å². The van der Waals surface area contributed by atoms with Gasteiger partial charge in [0.15, 0.2) is 0 Å². The molecule has 0 saturated carbocycles. The third-order valence-electron chi connectivity index (χ3n) is 5.98. The Hall–Kier alpha value is -2.27. The van der Waals surface area contributed by atoms with Crippen molar-refractivity contribution < 1.29 is 28.8 Å². The Morgan fingerprint density at radius 2 is 1.97 bits per heavy atom. The van der Waals surface area contributed by atoms with Crippen molar-refractivity contribution in [3.63, 3.8) is 0 Å². The number of amides is 1. The summed E-state index contributed by atoms with van der Waals surface area (Å²) in [5.41, 5.74) is -0.779. The topological polar surface area (TPSA) is 127 Å². The molecule has 1 amide bonds. The number of aliphatic hydroxyl groups is 1. The van der Waals surface area contributed by atoms with E-state index in [4.69, 9.17) is 5.11 Å². The summed E-state index contributed by atoms with van der Waals surface area (Å²) >= 11 is 0. The molecule has 2 fully saturated rings. The highest BCUT2D eigenvalue weighted by molar-refractivity contribution is 7.97. The van der Waals surface area contributed by atoms with E-state index in [0.29, 0.717) is 19.4 Å². The lowest BCUT2D eigenvalue weighted by molar-refractivity contribution is -0.153. The van der Waals surface area contributed by atoms with Crippen molar-refractivity contribution in [2.45, 2.75) is 56.3 Å². The number of benzene rings is 1. The molecule has 5 atom stereocenters. The van der Waals surface area contributed by atoms with Crippen molar-refractivity contribution in [2.24, 2.45) is 0 Å². The van der Waals surface area contributed by atoms with Crippen LogP contribution in [0, 0.1) is 0 Å². The largest absolute Gasteiger partial charge is 0.475 e. The normalized spacial score (nSPS) is 26.5. The molecule has 10 heteroatoms. The number of hydrogen-bond acceptors (Lipinski definition) is 6. The maximum absolute atomic E-state index is 13.3. The highest BCUT2D eigenvalue weighted by atomic mass is 32.2. The lowest BCUT2D eigenvalue weighted by atomic mass is 10.0. The zero-order chi connectivity index (χ0) is 23.0. The van der Waals surface area contributed by atoms with Crippen molar-refractivity contribution in [1.29, 1.82) is 0 Å². The van der Waals surface area contributed by atoms with E-state index in [1.54, 1.807) is 9.21 Å². The monoisotopic (exact) mass is 451 g/mol. The molecule has 2 aliphatic heterocycles. The summed E-state index contributed by atoms with van der Waals surface area (Å²) in [6.07, 6.45) is 1.06. The number of aliphatic carboxylic acids is 1. The van der Waals surface area contributed by atoms with E-state index < -0.39 is 39.3 Å². The quantitative estimate of drug-likeness (QED) is 0.285. The third-order valence-corrected chi connectivity index (χ3v) is 7.99. The summed E-state index contributed by atoms with van der Waals surface area (Å²) in [7, 11) is -2.70. The van der Waals surface area contributed by atoms with Gasteiger partial charge in [-0.15, -0.1) is 0 Å². The first-order chi connectivity index (χ1) is 14.4. The predicted molar refractivity (Wildman–Crippen MR) is 117 cm³/mol. The Morgan fingerprint density at radius 3 is 2.58 bits per heavy atom. The van der Waals surface area contributed by atoms with Crippen LogP contribution in [0.25, 0.3) is 0 Å². The number of carbonyl (C=O) groups is 3. The zero-order valence-electron chi connectivity index (χ0n) is 17.7. The van der Waals surface area contributed by atoms with Gasteiger partial charge in [-0.25, -0.2) is 9.10 Å². The van der Waals surface area contributed by atoms with E-state index in [9.17, 15) is 23.7 Å². The molecule has 2 aliphatic rings. The molecule has 3 N–H and O–H groups in total. The summed E-state index contributed by atoms with van der Waals surface area (Å²) in [5.74, 6) is 1.22. The molecular formula is C21H29N3O6S. The lowest BCUT2D eigenvalue weighted by Gasteiger charge is -2.45. The second-order valence-electron chi connectivity index (χ2n) is 8.46. The maximum atomic E-state index is 13.3. The van der Waals surface area contributed by atoms with Gasteiger partial charge in [-0.1, -0.05) is 30.3 Å². The van der Waals surface area contributed by atoms with Crippen LogP contribution in [-0.2, 0) is 29.8 Å². The van der Waals surface area contributed by atoms with Crippen molar-refractivity contribution in [1.82, 2.24) is 14.5 Å². The predicted octanol–water partition coefficient (Wildman–Crippen LogP) is -0.166. The Balaban J connectivity index is 1.71. The van der Waals surface area contributed by atoms with E-state index in [1.165, 1.54) is 13.8 Å². The van der Waals surface area contributed by atoms with E-state index in [2.05, 4.69) is 11.2 Å². The number of rotatable bonds is 8. The van der Waals surface area contributed by atoms with Crippen molar-refractivity contribution in [2.75, 3.05) is 13.1 Å². The number of Topliss-reactive ketones (excluding diaryl/α,β-unsaturated/α-hetero) is 1. The number of hydrogen-bond donors (Lipinski definition) is 3. The molecule has 0 radical (unpaired) electrons. The number of nitrogens with zero attached hydrogens (tertiary/aromatic N) is 2. The first-order valence-corrected chi connectivity index (χ1v) is 12.0. The van der Waals surface area contributed by atoms with Crippen LogP contribution >= 0.6 is 0 Å². The summed E-state index contributed by atoms with van der Waals surface area (Å²) in [6.45, 7) is 3.09. The molecule has 3 rings (SSSR count). The number of nitrogens with one attached hydrogen (secondary N) is 1. The fraction of sp³-hybridized carbons (Fsp3) is 0.524. The number of piperazine rings is 1. The molecule has 31 heavy (non-hydrogen) atoms. The molecule has 1 aromatic carbocycles. The van der Waals surface area contributed by atoms with E-state index >= 15 is 0 Å². The molecule has 2 saturated heterocycles. The van der Waals surface area contributed by atoms with E-state index in [0.717, 1.165) is 5.56 Å². The first kappa shape index (κ1) is 23.4. The van der Waals surface area contributed by atoms with Crippen LogP contribution in [0.4, 0.5) is 0 Å². The van der Waals surface area contributed by atoms with Crippen LogP contribution in [0.15, 0.2) is 30.3 Å². The molecule has 170 valence electrons. The molecule has 1 aromatic rings. The van der Waals surface area contributed by atoms with Gasteiger partial charge in [-0.3, -0.25) is 19.1 Å². The van der Waals surface area contributed by atoms with Gasteiger partial charge >= 0.3 is 5.97 Å². The van der Waals surface area contributed by atoms with Crippen LogP contribution < -0.4 is 5.32 Å². The maximum Gasteiger partial charge on any atom is 0.373 e. The van der Waals surface area contributed by atoms with Crippen LogP contribution in [-0.4, -0.2) is 84.1 Å². The third kappa shape index (κ3) is 4.98. The van der Waals surface area contributed by atoms with Gasteiger partial charge in [-0.05, 0) is 38.1 Å². The number of carboxylic acid groups (broad SMARTS) is 1. The second-order valence-corrected chi connectivity index (χ2v) is 10.8. The summed E-state index contributed by atoms with van der Waals surface area (Å²) < 4.78 is 14.9. The van der Waals surface area contributed by atoms with Crippen molar-refractivity contribution in [3.8, 4) is 0 Å². The first-order valence-electron chi connectivity index (χ1n) is 10.1. The lowest BCUT2D eigenvalue weighted by Crippen LogP contribution is -2.66. The minimum absolute atomic E-state index is 0.0815. The second kappa shape index (κ2) is 8.70. The number of carbonyl (C=O) groups excluding carboxylic acids is 2. The van der Waals surface area contributed by atoms with Gasteiger partial charge in [-0.2, -0.15) is 0 Å². The molecular weight excluding hydrogens is 422 g/mol. The minimum Gasteiger partial charge on any atom is -0.475 e. The summed E-state index contributed by atoms with van der Waals surface area (Å²) in [4.78, 5) is 37.2. The van der Waals surface area contributed by atoms with Gasteiger partial charge < -0.3 is 15.1 Å². The summed E-state index contributed by atoms with van der Waals surface area (Å²) in [6, 6.07) is 7.34. The fourth-order valence-corrected chi connectivity index (χ4v) is 6.17. The fourth-order valence-electron chi connectivity index (χ4n) is 4.49. The van der Waals surface area contributed by atoms with Crippen LogP contribution in [0.3, 0.4) is 0 Å². The smallest absolute Gasteiger partial charge is 0.373 e. The molecule has 0 bridgehead atoms. The van der Waals surface area contributed by atoms with Crippen molar-refractivity contribution in [3.05, 3.63) is 35.9 Å². The van der Waals surface area contributed by atoms with Gasteiger partial charge in [0.2, 0.25) is 5.91 Å². The number of carboxylic acids is 1. The Morgan fingerprint density at radius 1 is 1.32 bits per heavy atom. The highest BCUT2D eigenvalue weighted by Gasteiger charge is 2.50. The van der Waals surface area contributed by atoms with Crippen molar-refractivity contribution >= 4 is 33.2 Å². The Kier molecular flexibility index (Phi) is 6.56. The van der Waals surface area contributed by atoms with Crippen LogP contribution in [0.2, 0.25) is 0 Å². The molecule has 0 spiro atoms. The van der Waals surface area contributed by atoms with Crippen LogP contribution in [0.1, 0.15) is 32.3 Å². The molecule has 2 heterocycles. The molecule has 5 unspecified atom stereocenters. The minimum atomic E-state index is -2.70. The zero-order valence-corrected chi connectivity index (χ0v) is 18.5. The number of fused-ring (bicyclic) bond motifs is 1. The standard InChI is InChI=1S/C21H29N3O6S/c1-14(19(26)20(27)28)22-21(2,29)17-10-9-16-11-23(12-18(25)24(16)17)31(3,30)13-15-7-5-4-6-8-15/h4-8,14,16-17,22,29H,3,9-13H2,1-2H3,(H,27,28). The van der Waals surface area contributed by atoms with Gasteiger partial charge in [0.25, 0.3) is 5.78 Å².